The van der Waals surface area contributed by atoms with E-state index in [9.17, 15) is 21.6 Å². The molecule has 0 unspecified atom stereocenters. The van der Waals surface area contributed by atoms with Crippen molar-refractivity contribution in [1.29, 1.82) is 0 Å². The third-order valence-electron chi connectivity index (χ3n) is 2.30. The van der Waals surface area contributed by atoms with Crippen LogP contribution in [0.25, 0.3) is 0 Å². The molecule has 1 N–H and O–H groups in total. The first-order valence-corrected chi connectivity index (χ1v) is 7.57. The average molecular weight is 409 g/mol. The molecular formula is C10H11F3INO3S. The zero-order valence-electron chi connectivity index (χ0n) is 9.95. The Labute approximate surface area is 122 Å². The Morgan fingerprint density at radius 1 is 1.37 bits per heavy atom. The predicted octanol–water partition coefficient (Wildman–Crippen LogP) is 2.80. The molecule has 108 valence electrons. The molecule has 1 aromatic carbocycles. The van der Waals surface area contributed by atoms with Gasteiger partial charge in [-0.3, -0.25) is 0 Å². The molecule has 0 amide bonds. The molecule has 1 atom stereocenters. The lowest BCUT2D eigenvalue weighted by Gasteiger charge is -2.19. The second-order valence-electron chi connectivity index (χ2n) is 3.64. The smallest absolute Gasteiger partial charge is 0.496 e. The number of hydrogen-bond donors (Lipinski definition) is 1. The lowest BCUT2D eigenvalue weighted by Crippen LogP contribution is -2.38. The van der Waals surface area contributed by atoms with E-state index in [2.05, 4.69) is 0 Å². The number of rotatable bonds is 4. The van der Waals surface area contributed by atoms with Gasteiger partial charge in [-0.2, -0.15) is 17.9 Å². The van der Waals surface area contributed by atoms with Crippen LogP contribution < -0.4 is 9.46 Å². The monoisotopic (exact) mass is 409 g/mol. The first kappa shape index (κ1) is 16.5. The van der Waals surface area contributed by atoms with Crippen molar-refractivity contribution in [3.8, 4) is 5.75 Å². The van der Waals surface area contributed by atoms with Gasteiger partial charge in [-0.1, -0.05) is 6.07 Å². The standard InChI is InChI=1S/C10H11F3INO3S/c1-6(15-19(16,17)10(11,12)13)9-7(14)4-3-5-8(9)18-2/h3-6,15H,1-2H3/t6-/m0/s1. The zero-order valence-corrected chi connectivity index (χ0v) is 12.9. The Morgan fingerprint density at radius 2 is 1.95 bits per heavy atom. The number of nitrogens with one attached hydrogen (secondary N) is 1. The summed E-state index contributed by atoms with van der Waals surface area (Å²) in [5.74, 6) is 0.323. The van der Waals surface area contributed by atoms with Crippen LogP contribution in [0.1, 0.15) is 18.5 Å². The first-order chi connectivity index (χ1) is 8.60. The molecule has 0 saturated heterocycles. The summed E-state index contributed by atoms with van der Waals surface area (Å²) in [5.41, 5.74) is -4.98. The number of sulfonamides is 1. The lowest BCUT2D eigenvalue weighted by atomic mass is 10.1. The Morgan fingerprint density at radius 3 is 2.42 bits per heavy atom. The number of alkyl halides is 3. The van der Waals surface area contributed by atoms with E-state index in [1.54, 1.807) is 22.9 Å². The van der Waals surface area contributed by atoms with E-state index >= 15 is 0 Å². The van der Waals surface area contributed by atoms with Crippen LogP contribution >= 0.6 is 22.6 Å². The highest BCUT2D eigenvalue weighted by molar-refractivity contribution is 14.1. The number of halogens is 4. The minimum atomic E-state index is -5.40. The van der Waals surface area contributed by atoms with Gasteiger partial charge in [0.25, 0.3) is 0 Å². The quantitative estimate of drug-likeness (QED) is 0.779. The van der Waals surface area contributed by atoms with Gasteiger partial charge in [0.15, 0.2) is 0 Å². The SMILES string of the molecule is COc1cccc(I)c1[C@H](C)NS(=O)(=O)C(F)(F)F. The van der Waals surface area contributed by atoms with Crippen LogP contribution in [0.3, 0.4) is 0 Å². The molecule has 0 aliphatic heterocycles. The van der Waals surface area contributed by atoms with E-state index in [4.69, 9.17) is 4.74 Å². The van der Waals surface area contributed by atoms with Gasteiger partial charge >= 0.3 is 15.5 Å². The van der Waals surface area contributed by atoms with E-state index in [1.807, 2.05) is 22.6 Å². The van der Waals surface area contributed by atoms with Crippen molar-refractivity contribution in [2.75, 3.05) is 7.11 Å². The van der Waals surface area contributed by atoms with Crippen LogP contribution in [-0.4, -0.2) is 21.0 Å². The van der Waals surface area contributed by atoms with Crippen LogP contribution in [0.4, 0.5) is 13.2 Å². The molecule has 9 heteroatoms. The molecule has 0 spiro atoms. The van der Waals surface area contributed by atoms with Gasteiger partial charge in [0.2, 0.25) is 0 Å². The molecule has 0 aliphatic carbocycles. The van der Waals surface area contributed by atoms with E-state index in [1.165, 1.54) is 14.0 Å². The van der Waals surface area contributed by atoms with Crippen molar-refractivity contribution < 1.29 is 26.3 Å². The second kappa shape index (κ2) is 5.83. The summed E-state index contributed by atoms with van der Waals surface area (Å²) >= 11 is 1.90. The molecule has 0 aromatic heterocycles. The van der Waals surface area contributed by atoms with Crippen LogP contribution in [-0.2, 0) is 10.0 Å². The average Bonchev–Trinajstić information content (AvgIpc) is 2.26. The zero-order chi connectivity index (χ0) is 14.8. The normalized spacial score (nSPS) is 14.2. The maximum Gasteiger partial charge on any atom is 0.511 e. The summed E-state index contributed by atoms with van der Waals surface area (Å²) < 4.78 is 66.3. The Bertz CT molecular complexity index is 560. The van der Waals surface area contributed by atoms with E-state index in [0.29, 0.717) is 14.9 Å². The Kier molecular flexibility index (Phi) is 5.07. The van der Waals surface area contributed by atoms with Crippen molar-refractivity contribution in [3.05, 3.63) is 27.3 Å². The number of benzene rings is 1. The fourth-order valence-electron chi connectivity index (χ4n) is 1.47. The molecule has 1 aromatic rings. The number of methoxy groups -OCH3 is 1. The first-order valence-electron chi connectivity index (χ1n) is 5.01. The molecule has 0 heterocycles. The summed E-state index contributed by atoms with van der Waals surface area (Å²) in [5, 5.41) is 0. The Hall–Kier alpha value is -0.550. The molecule has 0 fully saturated rings. The fourth-order valence-corrected chi connectivity index (χ4v) is 3.13. The van der Waals surface area contributed by atoms with Gasteiger partial charge in [0, 0.05) is 15.2 Å². The van der Waals surface area contributed by atoms with Crippen LogP contribution in [0.2, 0.25) is 0 Å². The fraction of sp³-hybridized carbons (Fsp3) is 0.400. The van der Waals surface area contributed by atoms with Crippen LogP contribution in [0.5, 0.6) is 5.75 Å². The summed E-state index contributed by atoms with van der Waals surface area (Å²) in [7, 11) is -4.03. The topological polar surface area (TPSA) is 55.4 Å². The van der Waals surface area contributed by atoms with Crippen molar-refractivity contribution in [2.24, 2.45) is 0 Å². The highest BCUT2D eigenvalue weighted by Crippen LogP contribution is 2.32. The molecule has 0 saturated carbocycles. The van der Waals surface area contributed by atoms with E-state index in [0.717, 1.165) is 0 Å². The third kappa shape index (κ3) is 3.72. The van der Waals surface area contributed by atoms with Crippen LogP contribution in [0.15, 0.2) is 18.2 Å². The summed E-state index contributed by atoms with van der Waals surface area (Å²) in [6.07, 6.45) is 0. The molecule has 4 nitrogen and oxygen atoms in total. The van der Waals surface area contributed by atoms with E-state index < -0.39 is 21.6 Å². The van der Waals surface area contributed by atoms with Gasteiger partial charge in [-0.25, -0.2) is 8.42 Å². The Balaban J connectivity index is 3.13. The molecule has 0 aliphatic rings. The largest absolute Gasteiger partial charge is 0.511 e. The highest BCUT2D eigenvalue weighted by Gasteiger charge is 2.46. The molecular weight excluding hydrogens is 398 g/mol. The van der Waals surface area contributed by atoms with Gasteiger partial charge in [0.1, 0.15) is 5.75 Å². The summed E-state index contributed by atoms with van der Waals surface area (Å²) in [6, 6.07) is 3.80. The number of hydrogen-bond acceptors (Lipinski definition) is 3. The van der Waals surface area contributed by atoms with Gasteiger partial charge in [0.05, 0.1) is 7.11 Å². The van der Waals surface area contributed by atoms with Gasteiger partial charge < -0.3 is 4.74 Å². The van der Waals surface area contributed by atoms with Crippen molar-refractivity contribution in [2.45, 2.75) is 18.5 Å². The van der Waals surface area contributed by atoms with Gasteiger partial charge in [-0.05, 0) is 41.6 Å². The lowest BCUT2D eigenvalue weighted by molar-refractivity contribution is -0.0450. The highest BCUT2D eigenvalue weighted by atomic mass is 127. The summed E-state index contributed by atoms with van der Waals surface area (Å²) in [4.78, 5) is 0. The second-order valence-corrected chi connectivity index (χ2v) is 6.51. The third-order valence-corrected chi connectivity index (χ3v) is 4.52. The minimum absolute atomic E-state index is 0.323. The minimum Gasteiger partial charge on any atom is -0.496 e. The van der Waals surface area contributed by atoms with Crippen LogP contribution in [0, 0.1) is 3.57 Å². The molecule has 19 heavy (non-hydrogen) atoms. The van der Waals surface area contributed by atoms with Gasteiger partial charge in [-0.15, -0.1) is 0 Å². The number of ether oxygens (including phenoxy) is 1. The maximum atomic E-state index is 12.3. The maximum absolute atomic E-state index is 12.3. The summed E-state index contributed by atoms with van der Waals surface area (Å²) in [6.45, 7) is 1.32. The van der Waals surface area contributed by atoms with E-state index in [-0.39, 0.29) is 0 Å². The van der Waals surface area contributed by atoms with Crippen molar-refractivity contribution in [3.63, 3.8) is 0 Å². The predicted molar refractivity (Wildman–Crippen MR) is 72.2 cm³/mol. The molecule has 0 bridgehead atoms. The molecule has 1 rings (SSSR count). The van der Waals surface area contributed by atoms with Crippen molar-refractivity contribution in [1.82, 2.24) is 4.72 Å². The molecule has 0 radical (unpaired) electrons. The van der Waals surface area contributed by atoms with Crippen molar-refractivity contribution >= 4 is 32.6 Å².